The molecule has 0 heterocycles. The molecule has 1 rings (SSSR count). The van der Waals surface area contributed by atoms with Crippen LogP contribution in [0.1, 0.15) is 49.5 Å². The van der Waals surface area contributed by atoms with E-state index in [2.05, 4.69) is 30.4 Å². The van der Waals surface area contributed by atoms with Crippen molar-refractivity contribution in [3.8, 4) is 0 Å². The Kier molecular flexibility index (Phi) is 7.37. The fourth-order valence-corrected chi connectivity index (χ4v) is 2.41. The first kappa shape index (κ1) is 17.6. The third kappa shape index (κ3) is 5.12. The van der Waals surface area contributed by atoms with Crippen molar-refractivity contribution in [2.24, 2.45) is 5.92 Å². The maximum absolute atomic E-state index is 13.9. The summed E-state index contributed by atoms with van der Waals surface area (Å²) in [5.74, 6) is -0.481. The van der Waals surface area contributed by atoms with Gasteiger partial charge in [0.15, 0.2) is 0 Å². The van der Waals surface area contributed by atoms with Gasteiger partial charge in [0.25, 0.3) is 0 Å². The number of hydrogen-bond acceptors (Lipinski definition) is 3. The van der Waals surface area contributed by atoms with Crippen LogP contribution < -0.4 is 0 Å². The molecule has 0 aliphatic carbocycles. The van der Waals surface area contributed by atoms with Crippen LogP contribution in [0.2, 0.25) is 0 Å². The molecule has 0 fully saturated rings. The van der Waals surface area contributed by atoms with Crippen LogP contribution in [0.5, 0.6) is 0 Å². The molecule has 0 saturated heterocycles. The number of methoxy groups -OCH3 is 1. The molecule has 0 aliphatic heterocycles. The highest BCUT2D eigenvalue weighted by Gasteiger charge is 2.14. The number of rotatable bonds is 8. The molecule has 0 aliphatic rings. The van der Waals surface area contributed by atoms with E-state index in [1.807, 2.05) is 0 Å². The minimum Gasteiger partial charge on any atom is -0.465 e. The monoisotopic (exact) mass is 295 g/mol. The van der Waals surface area contributed by atoms with Gasteiger partial charge in [-0.15, -0.1) is 0 Å². The first-order valence-corrected chi connectivity index (χ1v) is 7.64. The zero-order valence-electron chi connectivity index (χ0n) is 13.5. The molecule has 1 aromatic carbocycles. The molecule has 118 valence electrons. The standard InChI is InChI=1S/C17H26FNO2/c1-5-13(6-2)11-19(7-3)12-14-8-9-15(16(18)10-14)17(20)21-4/h8-10,13H,5-7,11-12H2,1-4H3. The topological polar surface area (TPSA) is 29.5 Å². The van der Waals surface area contributed by atoms with E-state index in [0.717, 1.165) is 31.5 Å². The third-order valence-corrected chi connectivity index (χ3v) is 3.96. The number of halogens is 1. The summed E-state index contributed by atoms with van der Waals surface area (Å²) in [5.41, 5.74) is 0.872. The molecule has 0 aromatic heterocycles. The Balaban J connectivity index is 2.77. The largest absolute Gasteiger partial charge is 0.465 e. The van der Waals surface area contributed by atoms with E-state index in [4.69, 9.17) is 0 Å². The molecule has 0 atom stereocenters. The fourth-order valence-electron chi connectivity index (χ4n) is 2.41. The predicted octanol–water partition coefficient (Wildman–Crippen LogP) is 3.87. The van der Waals surface area contributed by atoms with Crippen LogP contribution in [-0.4, -0.2) is 31.1 Å². The third-order valence-electron chi connectivity index (χ3n) is 3.96. The van der Waals surface area contributed by atoms with E-state index in [-0.39, 0.29) is 5.56 Å². The summed E-state index contributed by atoms with van der Waals surface area (Å²) in [4.78, 5) is 13.7. The van der Waals surface area contributed by atoms with Crippen LogP contribution in [0.15, 0.2) is 18.2 Å². The first-order valence-electron chi connectivity index (χ1n) is 7.64. The lowest BCUT2D eigenvalue weighted by Crippen LogP contribution is -2.28. The molecule has 0 N–H and O–H groups in total. The highest BCUT2D eigenvalue weighted by molar-refractivity contribution is 5.89. The van der Waals surface area contributed by atoms with E-state index in [1.165, 1.54) is 19.2 Å². The maximum Gasteiger partial charge on any atom is 0.340 e. The van der Waals surface area contributed by atoms with Crippen LogP contribution in [0, 0.1) is 11.7 Å². The summed E-state index contributed by atoms with van der Waals surface area (Å²) in [6.45, 7) is 9.16. The van der Waals surface area contributed by atoms with E-state index in [1.54, 1.807) is 6.07 Å². The second-order valence-corrected chi connectivity index (χ2v) is 5.32. The zero-order valence-corrected chi connectivity index (χ0v) is 13.5. The van der Waals surface area contributed by atoms with Crippen molar-refractivity contribution < 1.29 is 13.9 Å². The van der Waals surface area contributed by atoms with Gasteiger partial charge in [0.2, 0.25) is 0 Å². The Morgan fingerprint density at radius 1 is 1.29 bits per heavy atom. The van der Waals surface area contributed by atoms with Crippen molar-refractivity contribution >= 4 is 5.97 Å². The Bertz CT molecular complexity index is 458. The number of benzene rings is 1. The van der Waals surface area contributed by atoms with Crippen molar-refractivity contribution in [2.75, 3.05) is 20.2 Å². The van der Waals surface area contributed by atoms with Gasteiger partial charge >= 0.3 is 5.97 Å². The van der Waals surface area contributed by atoms with Gasteiger partial charge < -0.3 is 4.74 Å². The summed E-state index contributed by atoms with van der Waals surface area (Å²) in [6.07, 6.45) is 2.31. The molecule has 0 saturated carbocycles. The van der Waals surface area contributed by atoms with Crippen molar-refractivity contribution in [2.45, 2.75) is 40.2 Å². The Hall–Kier alpha value is -1.42. The molecular formula is C17H26FNO2. The quantitative estimate of drug-likeness (QED) is 0.682. The van der Waals surface area contributed by atoms with E-state index in [9.17, 15) is 9.18 Å². The lowest BCUT2D eigenvalue weighted by molar-refractivity contribution is 0.0595. The van der Waals surface area contributed by atoms with Crippen LogP contribution in [0.4, 0.5) is 4.39 Å². The zero-order chi connectivity index (χ0) is 15.8. The number of hydrogen-bond donors (Lipinski definition) is 0. The lowest BCUT2D eigenvalue weighted by atomic mass is 10.0. The van der Waals surface area contributed by atoms with Gasteiger partial charge in [0, 0.05) is 13.1 Å². The van der Waals surface area contributed by atoms with Gasteiger partial charge in [-0.1, -0.05) is 39.7 Å². The molecule has 0 bridgehead atoms. The predicted molar refractivity (Wildman–Crippen MR) is 82.8 cm³/mol. The highest BCUT2D eigenvalue weighted by Crippen LogP contribution is 2.16. The molecular weight excluding hydrogens is 269 g/mol. The lowest BCUT2D eigenvalue weighted by Gasteiger charge is -2.25. The van der Waals surface area contributed by atoms with Crippen molar-refractivity contribution in [1.82, 2.24) is 4.90 Å². The number of esters is 1. The average molecular weight is 295 g/mol. The molecule has 0 radical (unpaired) electrons. The minimum atomic E-state index is -0.636. The highest BCUT2D eigenvalue weighted by atomic mass is 19.1. The van der Waals surface area contributed by atoms with E-state index >= 15 is 0 Å². The van der Waals surface area contributed by atoms with Gasteiger partial charge in [-0.2, -0.15) is 0 Å². The summed E-state index contributed by atoms with van der Waals surface area (Å²) in [6, 6.07) is 4.73. The van der Waals surface area contributed by atoms with Gasteiger partial charge in [-0.3, -0.25) is 4.90 Å². The Morgan fingerprint density at radius 3 is 2.43 bits per heavy atom. The number of carbonyl (C=O) groups is 1. The number of carbonyl (C=O) groups excluding carboxylic acids is 1. The van der Waals surface area contributed by atoms with Crippen molar-refractivity contribution in [3.63, 3.8) is 0 Å². The first-order chi connectivity index (χ1) is 10.0. The fraction of sp³-hybridized carbons (Fsp3) is 0.588. The van der Waals surface area contributed by atoms with Gasteiger partial charge in [0.1, 0.15) is 5.82 Å². The van der Waals surface area contributed by atoms with Crippen LogP contribution >= 0.6 is 0 Å². The summed E-state index contributed by atoms with van der Waals surface area (Å²) >= 11 is 0. The van der Waals surface area contributed by atoms with E-state index in [0.29, 0.717) is 12.5 Å². The van der Waals surface area contributed by atoms with Gasteiger partial charge in [-0.25, -0.2) is 9.18 Å². The number of ether oxygens (including phenoxy) is 1. The maximum atomic E-state index is 13.9. The summed E-state index contributed by atoms with van der Waals surface area (Å²) in [5, 5.41) is 0. The molecule has 0 amide bonds. The van der Waals surface area contributed by atoms with Crippen molar-refractivity contribution in [1.29, 1.82) is 0 Å². The minimum absolute atomic E-state index is 0.00992. The van der Waals surface area contributed by atoms with Crippen LogP contribution in [0.25, 0.3) is 0 Å². The molecule has 21 heavy (non-hydrogen) atoms. The second-order valence-electron chi connectivity index (χ2n) is 5.32. The average Bonchev–Trinajstić information content (AvgIpc) is 2.50. The summed E-state index contributed by atoms with van der Waals surface area (Å²) in [7, 11) is 1.25. The second kappa shape index (κ2) is 8.78. The van der Waals surface area contributed by atoms with Gasteiger partial charge in [0.05, 0.1) is 12.7 Å². The number of nitrogens with zero attached hydrogens (tertiary/aromatic N) is 1. The SMILES string of the molecule is CCC(CC)CN(CC)Cc1ccc(C(=O)OC)c(F)c1. The molecule has 0 spiro atoms. The van der Waals surface area contributed by atoms with Crippen LogP contribution in [-0.2, 0) is 11.3 Å². The van der Waals surface area contributed by atoms with Gasteiger partial charge in [-0.05, 0) is 30.2 Å². The van der Waals surface area contributed by atoms with Crippen LogP contribution in [0.3, 0.4) is 0 Å². The van der Waals surface area contributed by atoms with E-state index < -0.39 is 11.8 Å². The molecule has 3 nitrogen and oxygen atoms in total. The normalized spacial score (nSPS) is 11.2. The molecule has 0 unspecified atom stereocenters. The Labute approximate surface area is 127 Å². The summed E-state index contributed by atoms with van der Waals surface area (Å²) < 4.78 is 18.5. The molecule has 1 aromatic rings. The Morgan fingerprint density at radius 2 is 1.95 bits per heavy atom. The smallest absolute Gasteiger partial charge is 0.340 e. The van der Waals surface area contributed by atoms with Crippen molar-refractivity contribution in [3.05, 3.63) is 35.1 Å². The molecule has 4 heteroatoms.